The van der Waals surface area contributed by atoms with E-state index in [4.69, 9.17) is 4.42 Å². The zero-order valence-corrected chi connectivity index (χ0v) is 11.0. The molecule has 0 fully saturated rings. The van der Waals surface area contributed by atoms with Crippen molar-refractivity contribution in [1.29, 1.82) is 0 Å². The third-order valence-corrected chi connectivity index (χ3v) is 3.10. The summed E-state index contributed by atoms with van der Waals surface area (Å²) in [5.41, 5.74) is 1.49. The van der Waals surface area contributed by atoms with Gasteiger partial charge in [0.25, 0.3) is 6.01 Å². The highest BCUT2D eigenvalue weighted by Gasteiger charge is 2.30. The van der Waals surface area contributed by atoms with Crippen LogP contribution < -0.4 is 5.32 Å². The molecular formula is C15H11F3N2O. The predicted octanol–water partition coefficient (Wildman–Crippen LogP) is 4.90. The molecule has 3 aromatic rings. The molecule has 3 rings (SSSR count). The molecule has 0 aliphatic carbocycles. The van der Waals surface area contributed by atoms with E-state index < -0.39 is 11.7 Å². The highest BCUT2D eigenvalue weighted by Crippen LogP contribution is 2.33. The van der Waals surface area contributed by atoms with Crippen molar-refractivity contribution in [2.45, 2.75) is 13.1 Å². The summed E-state index contributed by atoms with van der Waals surface area (Å²) >= 11 is 0. The van der Waals surface area contributed by atoms with Crippen LogP contribution in [0.15, 0.2) is 46.9 Å². The van der Waals surface area contributed by atoms with Crippen molar-refractivity contribution in [3.05, 3.63) is 53.6 Å². The zero-order chi connectivity index (χ0) is 15.0. The third-order valence-electron chi connectivity index (χ3n) is 3.10. The number of para-hydroxylation sites is 2. The summed E-state index contributed by atoms with van der Waals surface area (Å²) in [5, 5.41) is 2.80. The Hall–Kier alpha value is -2.50. The normalized spacial score (nSPS) is 11.8. The number of anilines is 2. The van der Waals surface area contributed by atoms with Crippen LogP contribution in [0.4, 0.5) is 24.9 Å². The second-order valence-electron chi connectivity index (χ2n) is 4.64. The van der Waals surface area contributed by atoms with E-state index in [1.807, 2.05) is 6.07 Å². The topological polar surface area (TPSA) is 38.1 Å². The van der Waals surface area contributed by atoms with Crippen molar-refractivity contribution in [3.63, 3.8) is 0 Å². The van der Waals surface area contributed by atoms with E-state index >= 15 is 0 Å². The van der Waals surface area contributed by atoms with Gasteiger partial charge in [0.05, 0.1) is 5.56 Å². The molecule has 1 N–H and O–H groups in total. The third kappa shape index (κ3) is 2.69. The minimum Gasteiger partial charge on any atom is -0.423 e. The quantitative estimate of drug-likeness (QED) is 0.730. The average molecular weight is 292 g/mol. The Labute approximate surface area is 118 Å². The number of alkyl halides is 3. The van der Waals surface area contributed by atoms with E-state index in [2.05, 4.69) is 10.3 Å². The van der Waals surface area contributed by atoms with Crippen molar-refractivity contribution in [3.8, 4) is 0 Å². The van der Waals surface area contributed by atoms with Crippen LogP contribution in [0.2, 0.25) is 0 Å². The lowest BCUT2D eigenvalue weighted by molar-refractivity contribution is -0.137. The molecule has 0 amide bonds. The number of oxazole rings is 1. The van der Waals surface area contributed by atoms with Crippen molar-refractivity contribution >= 4 is 22.8 Å². The molecule has 0 aliphatic heterocycles. The summed E-state index contributed by atoms with van der Waals surface area (Å²) < 4.78 is 43.7. The average Bonchev–Trinajstić information content (AvgIpc) is 2.82. The van der Waals surface area contributed by atoms with E-state index in [0.717, 1.165) is 12.1 Å². The number of aromatic nitrogens is 1. The molecule has 0 unspecified atom stereocenters. The molecule has 2 aromatic carbocycles. The van der Waals surface area contributed by atoms with Crippen LogP contribution in [0, 0.1) is 6.92 Å². The van der Waals surface area contributed by atoms with Gasteiger partial charge in [-0.25, -0.2) is 0 Å². The number of benzene rings is 2. The minimum absolute atomic E-state index is 0.165. The van der Waals surface area contributed by atoms with Gasteiger partial charge in [-0.3, -0.25) is 0 Å². The molecule has 0 spiro atoms. The molecule has 0 radical (unpaired) electrons. The largest absolute Gasteiger partial charge is 0.423 e. The van der Waals surface area contributed by atoms with E-state index in [1.54, 1.807) is 25.1 Å². The van der Waals surface area contributed by atoms with Crippen LogP contribution in [0.1, 0.15) is 11.1 Å². The Balaban J connectivity index is 1.97. The van der Waals surface area contributed by atoms with Crippen LogP contribution in [-0.2, 0) is 6.18 Å². The fourth-order valence-corrected chi connectivity index (χ4v) is 1.97. The van der Waals surface area contributed by atoms with Gasteiger partial charge >= 0.3 is 6.18 Å². The summed E-state index contributed by atoms with van der Waals surface area (Å²) in [6.45, 7) is 1.71. The zero-order valence-electron chi connectivity index (χ0n) is 11.0. The molecule has 0 saturated heterocycles. The molecule has 0 atom stereocenters. The van der Waals surface area contributed by atoms with Crippen LogP contribution >= 0.6 is 0 Å². The highest BCUT2D eigenvalue weighted by molar-refractivity contribution is 5.75. The molecule has 0 aliphatic rings. The lowest BCUT2D eigenvalue weighted by Crippen LogP contribution is -2.06. The molecule has 1 aromatic heterocycles. The Morgan fingerprint density at radius 1 is 1.10 bits per heavy atom. The van der Waals surface area contributed by atoms with Gasteiger partial charge in [0, 0.05) is 5.69 Å². The van der Waals surface area contributed by atoms with E-state index in [1.165, 1.54) is 6.07 Å². The van der Waals surface area contributed by atoms with Crippen LogP contribution in [-0.4, -0.2) is 4.98 Å². The Morgan fingerprint density at radius 2 is 1.86 bits per heavy atom. The molecule has 1 heterocycles. The first kappa shape index (κ1) is 13.5. The number of nitrogens with zero attached hydrogens (tertiary/aromatic N) is 1. The number of nitrogens with one attached hydrogen (secondary N) is 1. The van der Waals surface area contributed by atoms with Gasteiger partial charge in [0.1, 0.15) is 5.52 Å². The van der Waals surface area contributed by atoms with Crippen molar-refractivity contribution < 1.29 is 17.6 Å². The van der Waals surface area contributed by atoms with E-state index in [9.17, 15) is 13.2 Å². The van der Waals surface area contributed by atoms with Gasteiger partial charge in [0.2, 0.25) is 0 Å². The van der Waals surface area contributed by atoms with Gasteiger partial charge in [-0.1, -0.05) is 18.2 Å². The number of halogens is 3. The van der Waals surface area contributed by atoms with Crippen LogP contribution in [0.25, 0.3) is 11.1 Å². The first-order valence-electron chi connectivity index (χ1n) is 6.24. The number of fused-ring (bicyclic) bond motifs is 1. The SMILES string of the molecule is Cc1ccc(C(F)(F)F)cc1Nc1nc2ccccc2o1. The van der Waals surface area contributed by atoms with Crippen molar-refractivity contribution in [1.82, 2.24) is 4.98 Å². The molecule has 6 heteroatoms. The minimum atomic E-state index is -4.38. The fraction of sp³-hybridized carbons (Fsp3) is 0.133. The maximum absolute atomic E-state index is 12.7. The standard InChI is InChI=1S/C15H11F3N2O/c1-9-6-7-10(15(16,17)18)8-12(9)20-14-19-11-4-2-3-5-13(11)21-14/h2-8H,1H3,(H,19,20). The van der Waals surface area contributed by atoms with Gasteiger partial charge < -0.3 is 9.73 Å². The summed E-state index contributed by atoms with van der Waals surface area (Å²) in [5.74, 6) is 0. The first-order chi connectivity index (χ1) is 9.93. The van der Waals surface area contributed by atoms with Gasteiger partial charge in [0.15, 0.2) is 5.58 Å². The summed E-state index contributed by atoms with van der Waals surface area (Å²) in [6, 6.07) is 10.8. The monoisotopic (exact) mass is 292 g/mol. The number of hydrogen-bond donors (Lipinski definition) is 1. The summed E-state index contributed by atoms with van der Waals surface area (Å²) in [4.78, 5) is 4.18. The summed E-state index contributed by atoms with van der Waals surface area (Å²) in [6.07, 6.45) is -4.38. The highest BCUT2D eigenvalue weighted by atomic mass is 19.4. The maximum Gasteiger partial charge on any atom is 0.416 e. The molecule has 0 bridgehead atoms. The Bertz CT molecular complexity index is 760. The molecule has 3 nitrogen and oxygen atoms in total. The second kappa shape index (κ2) is 4.80. The van der Waals surface area contributed by atoms with Crippen LogP contribution in [0.3, 0.4) is 0 Å². The van der Waals surface area contributed by atoms with E-state index in [0.29, 0.717) is 22.4 Å². The smallest absolute Gasteiger partial charge is 0.416 e. The van der Waals surface area contributed by atoms with E-state index in [-0.39, 0.29) is 6.01 Å². The van der Waals surface area contributed by atoms with Gasteiger partial charge in [-0.15, -0.1) is 0 Å². The van der Waals surface area contributed by atoms with Crippen LogP contribution in [0.5, 0.6) is 0 Å². The molecule has 108 valence electrons. The summed E-state index contributed by atoms with van der Waals surface area (Å²) in [7, 11) is 0. The molecule has 0 saturated carbocycles. The Morgan fingerprint density at radius 3 is 2.57 bits per heavy atom. The second-order valence-corrected chi connectivity index (χ2v) is 4.64. The predicted molar refractivity (Wildman–Crippen MR) is 73.5 cm³/mol. The Kier molecular flexibility index (Phi) is 3.08. The van der Waals surface area contributed by atoms with Crippen molar-refractivity contribution in [2.24, 2.45) is 0 Å². The fourth-order valence-electron chi connectivity index (χ4n) is 1.97. The van der Waals surface area contributed by atoms with Gasteiger partial charge in [-0.2, -0.15) is 18.2 Å². The number of hydrogen-bond acceptors (Lipinski definition) is 3. The van der Waals surface area contributed by atoms with Gasteiger partial charge in [-0.05, 0) is 36.8 Å². The lowest BCUT2D eigenvalue weighted by Gasteiger charge is -2.11. The number of aryl methyl sites for hydroxylation is 1. The maximum atomic E-state index is 12.7. The molecule has 21 heavy (non-hydrogen) atoms. The number of rotatable bonds is 2. The first-order valence-corrected chi connectivity index (χ1v) is 6.24. The lowest BCUT2D eigenvalue weighted by atomic mass is 10.1. The van der Waals surface area contributed by atoms with Crippen molar-refractivity contribution in [2.75, 3.05) is 5.32 Å². The molecular weight excluding hydrogens is 281 g/mol.